The highest BCUT2D eigenvalue weighted by Crippen LogP contribution is 2.31. The molecule has 1 atom stereocenters. The van der Waals surface area contributed by atoms with Crippen molar-refractivity contribution in [2.45, 2.75) is 41.9 Å². The Balaban J connectivity index is 1.80. The minimum atomic E-state index is -0.666. The molecule has 0 spiro atoms. The minimum absolute atomic E-state index is 0.0414. The summed E-state index contributed by atoms with van der Waals surface area (Å²) in [4.78, 5) is 12.9. The molecule has 1 aromatic rings. The van der Waals surface area contributed by atoms with Crippen molar-refractivity contribution in [2.75, 3.05) is 6.54 Å². The Morgan fingerprint density at radius 1 is 1.47 bits per heavy atom. The Morgan fingerprint density at radius 3 is 2.63 bits per heavy atom. The first-order chi connectivity index (χ1) is 8.98. The smallest absolute Gasteiger partial charge is 0.233 e. The van der Waals surface area contributed by atoms with Crippen molar-refractivity contribution in [3.8, 4) is 0 Å². The second-order valence-corrected chi connectivity index (χ2v) is 6.86. The van der Waals surface area contributed by atoms with Gasteiger partial charge in [-0.05, 0) is 50.5 Å². The van der Waals surface area contributed by atoms with E-state index in [0.717, 1.165) is 24.2 Å². The lowest BCUT2D eigenvalue weighted by molar-refractivity contribution is -0.122. The molecule has 19 heavy (non-hydrogen) atoms. The highest BCUT2D eigenvalue weighted by Gasteiger charge is 2.34. The number of hydrogen-bond acceptors (Lipinski definition) is 3. The standard InChI is InChI=1S/C14H18ClNO2S/c1-10(19-12-5-3-11(15)4-6-12)13(17)16-9-14(18)7-2-8-14/h3-6,10,18H,2,7-9H2,1H3,(H,16,17). The van der Waals surface area contributed by atoms with Gasteiger partial charge in [0.25, 0.3) is 0 Å². The van der Waals surface area contributed by atoms with Crippen LogP contribution in [0.2, 0.25) is 5.02 Å². The van der Waals surface area contributed by atoms with Crippen molar-refractivity contribution >= 4 is 29.3 Å². The van der Waals surface area contributed by atoms with Crippen LogP contribution in [0.25, 0.3) is 0 Å². The first-order valence-corrected chi connectivity index (χ1v) is 7.67. The van der Waals surface area contributed by atoms with E-state index in [4.69, 9.17) is 11.6 Å². The molecule has 1 aliphatic rings. The van der Waals surface area contributed by atoms with E-state index in [1.807, 2.05) is 31.2 Å². The summed E-state index contributed by atoms with van der Waals surface area (Å²) in [6.07, 6.45) is 2.61. The van der Waals surface area contributed by atoms with Crippen LogP contribution in [0.1, 0.15) is 26.2 Å². The number of aliphatic hydroxyl groups is 1. The van der Waals surface area contributed by atoms with Gasteiger partial charge < -0.3 is 10.4 Å². The fraction of sp³-hybridized carbons (Fsp3) is 0.500. The van der Waals surface area contributed by atoms with Crippen molar-refractivity contribution in [3.63, 3.8) is 0 Å². The lowest BCUT2D eigenvalue weighted by Crippen LogP contribution is -2.49. The van der Waals surface area contributed by atoms with Crippen molar-refractivity contribution < 1.29 is 9.90 Å². The zero-order valence-electron chi connectivity index (χ0n) is 10.9. The van der Waals surface area contributed by atoms with Crippen molar-refractivity contribution in [1.82, 2.24) is 5.32 Å². The zero-order chi connectivity index (χ0) is 13.9. The molecule has 2 N–H and O–H groups in total. The number of benzene rings is 1. The molecule has 1 saturated carbocycles. The third kappa shape index (κ3) is 4.13. The molecule has 0 saturated heterocycles. The van der Waals surface area contributed by atoms with Gasteiger partial charge in [-0.3, -0.25) is 4.79 Å². The number of nitrogens with one attached hydrogen (secondary N) is 1. The van der Waals surface area contributed by atoms with Crippen LogP contribution >= 0.6 is 23.4 Å². The van der Waals surface area contributed by atoms with E-state index in [1.54, 1.807) is 0 Å². The topological polar surface area (TPSA) is 49.3 Å². The number of hydrogen-bond donors (Lipinski definition) is 2. The average molecular weight is 300 g/mol. The summed E-state index contributed by atoms with van der Waals surface area (Å²) in [5, 5.41) is 13.2. The van der Waals surface area contributed by atoms with E-state index in [1.165, 1.54) is 11.8 Å². The van der Waals surface area contributed by atoms with Gasteiger partial charge in [0.05, 0.1) is 10.9 Å². The van der Waals surface area contributed by atoms with Crippen LogP contribution in [-0.4, -0.2) is 28.4 Å². The zero-order valence-corrected chi connectivity index (χ0v) is 12.4. The van der Waals surface area contributed by atoms with Crippen LogP contribution in [0.15, 0.2) is 29.2 Å². The third-order valence-corrected chi connectivity index (χ3v) is 4.74. The molecular weight excluding hydrogens is 282 g/mol. The van der Waals surface area contributed by atoms with Gasteiger partial charge in [-0.2, -0.15) is 0 Å². The maximum absolute atomic E-state index is 11.9. The van der Waals surface area contributed by atoms with E-state index in [2.05, 4.69) is 5.32 Å². The summed E-state index contributed by atoms with van der Waals surface area (Å²) < 4.78 is 0. The van der Waals surface area contributed by atoms with Crippen LogP contribution < -0.4 is 5.32 Å². The normalized spacial score (nSPS) is 18.5. The van der Waals surface area contributed by atoms with E-state index < -0.39 is 5.60 Å². The second-order valence-electron chi connectivity index (χ2n) is 5.01. The maximum atomic E-state index is 11.9. The first kappa shape index (κ1) is 14.7. The van der Waals surface area contributed by atoms with Gasteiger partial charge in [0.2, 0.25) is 5.91 Å². The largest absolute Gasteiger partial charge is 0.388 e. The lowest BCUT2D eigenvalue weighted by Gasteiger charge is -2.36. The fourth-order valence-corrected chi connectivity index (χ4v) is 2.95. The average Bonchev–Trinajstić information content (AvgIpc) is 2.36. The van der Waals surface area contributed by atoms with Crippen LogP contribution in [0, 0.1) is 0 Å². The molecule has 1 unspecified atom stereocenters. The molecule has 2 rings (SSSR count). The quantitative estimate of drug-likeness (QED) is 0.822. The van der Waals surface area contributed by atoms with Gasteiger partial charge in [-0.25, -0.2) is 0 Å². The molecule has 0 aliphatic heterocycles. The Labute approximate surface area is 122 Å². The summed E-state index contributed by atoms with van der Waals surface area (Å²) in [7, 11) is 0. The van der Waals surface area contributed by atoms with Gasteiger partial charge in [-0.1, -0.05) is 11.6 Å². The van der Waals surface area contributed by atoms with Gasteiger partial charge in [0.1, 0.15) is 0 Å². The molecule has 0 aromatic heterocycles. The Morgan fingerprint density at radius 2 is 2.11 bits per heavy atom. The van der Waals surface area contributed by atoms with Gasteiger partial charge >= 0.3 is 0 Å². The molecule has 1 aliphatic carbocycles. The summed E-state index contributed by atoms with van der Waals surface area (Å²) in [5.74, 6) is -0.0414. The Hall–Kier alpha value is -0.710. The molecule has 1 amide bonds. The van der Waals surface area contributed by atoms with Gasteiger partial charge in [-0.15, -0.1) is 11.8 Å². The molecule has 0 bridgehead atoms. The number of carbonyl (C=O) groups is 1. The minimum Gasteiger partial charge on any atom is -0.388 e. The molecule has 0 heterocycles. The lowest BCUT2D eigenvalue weighted by atomic mass is 9.80. The summed E-state index contributed by atoms with van der Waals surface area (Å²) in [5.41, 5.74) is -0.666. The Kier molecular flexibility index (Phi) is 4.76. The maximum Gasteiger partial charge on any atom is 0.233 e. The SMILES string of the molecule is CC(Sc1ccc(Cl)cc1)C(=O)NCC1(O)CCC1. The number of halogens is 1. The molecule has 104 valence electrons. The fourth-order valence-electron chi connectivity index (χ4n) is 1.93. The molecule has 1 fully saturated rings. The third-order valence-electron chi connectivity index (χ3n) is 3.37. The van der Waals surface area contributed by atoms with Gasteiger partial charge in [0, 0.05) is 16.5 Å². The van der Waals surface area contributed by atoms with Crippen LogP contribution in [0.3, 0.4) is 0 Å². The highest BCUT2D eigenvalue weighted by molar-refractivity contribution is 8.00. The second kappa shape index (κ2) is 6.16. The highest BCUT2D eigenvalue weighted by atomic mass is 35.5. The van der Waals surface area contributed by atoms with Crippen LogP contribution in [0.5, 0.6) is 0 Å². The predicted octanol–water partition coefficient (Wildman–Crippen LogP) is 2.85. The van der Waals surface area contributed by atoms with E-state index in [-0.39, 0.29) is 11.2 Å². The molecule has 3 nitrogen and oxygen atoms in total. The summed E-state index contributed by atoms with van der Waals surface area (Å²) in [6.45, 7) is 2.22. The Bertz CT molecular complexity index is 445. The van der Waals surface area contributed by atoms with Gasteiger partial charge in [0.15, 0.2) is 0 Å². The van der Waals surface area contributed by atoms with Crippen LogP contribution in [0.4, 0.5) is 0 Å². The predicted molar refractivity (Wildman–Crippen MR) is 78.6 cm³/mol. The molecule has 1 aromatic carbocycles. The van der Waals surface area contributed by atoms with E-state index in [9.17, 15) is 9.90 Å². The molecule has 5 heteroatoms. The van der Waals surface area contributed by atoms with Crippen molar-refractivity contribution in [2.24, 2.45) is 0 Å². The van der Waals surface area contributed by atoms with Crippen molar-refractivity contribution in [1.29, 1.82) is 0 Å². The van der Waals surface area contributed by atoms with Crippen molar-refractivity contribution in [3.05, 3.63) is 29.3 Å². The first-order valence-electron chi connectivity index (χ1n) is 6.41. The summed E-state index contributed by atoms with van der Waals surface area (Å²) >= 11 is 7.30. The van der Waals surface area contributed by atoms with E-state index >= 15 is 0 Å². The monoisotopic (exact) mass is 299 g/mol. The summed E-state index contributed by atoms with van der Waals surface area (Å²) in [6, 6.07) is 7.42. The number of amides is 1. The van der Waals surface area contributed by atoms with E-state index in [0.29, 0.717) is 11.6 Å². The number of thioether (sulfide) groups is 1. The number of rotatable bonds is 5. The molecule has 0 radical (unpaired) electrons. The van der Waals surface area contributed by atoms with Crippen LogP contribution in [-0.2, 0) is 4.79 Å². The number of carbonyl (C=O) groups excluding carboxylic acids is 1. The molecular formula is C14H18ClNO2S.